The van der Waals surface area contributed by atoms with Gasteiger partial charge >= 0.3 is 12.1 Å². The molecule has 0 unspecified atom stereocenters. The lowest BCUT2D eigenvalue weighted by Crippen LogP contribution is -2.31. The second-order valence-electron chi connectivity index (χ2n) is 3.41. The first-order valence-electron chi connectivity index (χ1n) is 5.75. The summed E-state index contributed by atoms with van der Waals surface area (Å²) in [5, 5.41) is 2.29. The summed E-state index contributed by atoms with van der Waals surface area (Å²) < 4.78 is 14.3. The van der Waals surface area contributed by atoms with E-state index in [9.17, 15) is 9.59 Å². The standard InChI is InChI=1S/C11H21NO5/c1-3-4-5-6-16-10(13)9-12-11(14)17-8-7-15-2/h3-9H2,1-2H3,(H,12,14). The molecule has 0 aliphatic carbocycles. The third-order valence-electron chi connectivity index (χ3n) is 1.91. The van der Waals surface area contributed by atoms with E-state index in [2.05, 4.69) is 12.2 Å². The van der Waals surface area contributed by atoms with Crippen LogP contribution in [0.1, 0.15) is 26.2 Å². The lowest BCUT2D eigenvalue weighted by Gasteiger charge is -2.06. The van der Waals surface area contributed by atoms with Crippen molar-refractivity contribution in [3.63, 3.8) is 0 Å². The SMILES string of the molecule is CCCCCOC(=O)CNC(=O)OCCOC. The number of alkyl carbamates (subject to hydrolysis) is 1. The van der Waals surface area contributed by atoms with Crippen LogP contribution in [0.3, 0.4) is 0 Å². The van der Waals surface area contributed by atoms with Gasteiger partial charge in [-0.1, -0.05) is 19.8 Å². The molecule has 100 valence electrons. The molecule has 17 heavy (non-hydrogen) atoms. The van der Waals surface area contributed by atoms with Gasteiger partial charge in [0.2, 0.25) is 0 Å². The average molecular weight is 247 g/mol. The Morgan fingerprint density at radius 2 is 1.82 bits per heavy atom. The van der Waals surface area contributed by atoms with Gasteiger partial charge in [-0.25, -0.2) is 4.79 Å². The highest BCUT2D eigenvalue weighted by Gasteiger charge is 2.06. The Hall–Kier alpha value is -1.30. The van der Waals surface area contributed by atoms with Gasteiger partial charge in [-0.15, -0.1) is 0 Å². The summed E-state index contributed by atoms with van der Waals surface area (Å²) >= 11 is 0. The van der Waals surface area contributed by atoms with Crippen LogP contribution in [-0.2, 0) is 19.0 Å². The van der Waals surface area contributed by atoms with E-state index >= 15 is 0 Å². The molecule has 0 heterocycles. The highest BCUT2D eigenvalue weighted by atomic mass is 16.6. The first-order chi connectivity index (χ1) is 8.20. The van der Waals surface area contributed by atoms with E-state index in [1.807, 2.05) is 0 Å². The number of ether oxygens (including phenoxy) is 3. The van der Waals surface area contributed by atoms with Crippen LogP contribution in [0.25, 0.3) is 0 Å². The molecular formula is C11H21NO5. The number of unbranched alkanes of at least 4 members (excludes halogenated alkanes) is 2. The van der Waals surface area contributed by atoms with Crippen molar-refractivity contribution in [2.75, 3.05) is 33.5 Å². The molecular weight excluding hydrogens is 226 g/mol. The molecule has 0 aliphatic rings. The van der Waals surface area contributed by atoms with E-state index in [1.165, 1.54) is 7.11 Å². The molecule has 0 spiro atoms. The lowest BCUT2D eigenvalue weighted by atomic mass is 10.3. The molecule has 0 aromatic heterocycles. The lowest BCUT2D eigenvalue weighted by molar-refractivity contribution is -0.142. The van der Waals surface area contributed by atoms with Gasteiger partial charge in [0.1, 0.15) is 13.2 Å². The number of carbonyl (C=O) groups is 2. The monoisotopic (exact) mass is 247 g/mol. The number of hydrogen-bond donors (Lipinski definition) is 1. The number of amides is 1. The van der Waals surface area contributed by atoms with Crippen molar-refractivity contribution in [3.05, 3.63) is 0 Å². The number of nitrogens with one attached hydrogen (secondary N) is 1. The van der Waals surface area contributed by atoms with Crippen LogP contribution in [0.4, 0.5) is 4.79 Å². The molecule has 1 amide bonds. The molecule has 0 fully saturated rings. The summed E-state index contributed by atoms with van der Waals surface area (Å²) in [4.78, 5) is 22.1. The molecule has 0 atom stereocenters. The molecule has 0 radical (unpaired) electrons. The summed E-state index contributed by atoms with van der Waals surface area (Å²) in [7, 11) is 1.51. The topological polar surface area (TPSA) is 73.9 Å². The zero-order valence-corrected chi connectivity index (χ0v) is 10.5. The van der Waals surface area contributed by atoms with E-state index in [4.69, 9.17) is 14.2 Å². The van der Waals surface area contributed by atoms with Crippen LogP contribution in [0, 0.1) is 0 Å². The molecule has 1 N–H and O–H groups in total. The number of methoxy groups -OCH3 is 1. The minimum atomic E-state index is -0.646. The summed E-state index contributed by atoms with van der Waals surface area (Å²) in [6.45, 7) is 2.78. The molecule has 0 saturated carbocycles. The van der Waals surface area contributed by atoms with Crippen LogP contribution in [-0.4, -0.2) is 45.5 Å². The maximum absolute atomic E-state index is 11.1. The van der Waals surface area contributed by atoms with E-state index in [0.29, 0.717) is 13.2 Å². The Bertz CT molecular complexity index is 220. The van der Waals surface area contributed by atoms with Crippen molar-refractivity contribution in [1.29, 1.82) is 0 Å². The molecule has 0 rings (SSSR count). The normalized spacial score (nSPS) is 9.76. The van der Waals surface area contributed by atoms with Gasteiger partial charge in [0.25, 0.3) is 0 Å². The van der Waals surface area contributed by atoms with Crippen molar-refractivity contribution in [1.82, 2.24) is 5.32 Å². The number of hydrogen-bond acceptors (Lipinski definition) is 5. The van der Waals surface area contributed by atoms with Gasteiger partial charge < -0.3 is 19.5 Å². The van der Waals surface area contributed by atoms with Crippen LogP contribution in [0.15, 0.2) is 0 Å². The molecule has 0 saturated heterocycles. The zero-order chi connectivity index (χ0) is 12.9. The molecule has 0 bridgehead atoms. The summed E-state index contributed by atoms with van der Waals surface area (Å²) in [5.74, 6) is -0.454. The van der Waals surface area contributed by atoms with E-state index in [0.717, 1.165) is 19.3 Å². The largest absolute Gasteiger partial charge is 0.464 e. The third-order valence-corrected chi connectivity index (χ3v) is 1.91. The van der Waals surface area contributed by atoms with E-state index in [1.54, 1.807) is 0 Å². The first kappa shape index (κ1) is 15.7. The molecule has 0 aliphatic heterocycles. The molecule has 0 aromatic rings. The summed E-state index contributed by atoms with van der Waals surface area (Å²) in [6.07, 6.45) is 2.30. The van der Waals surface area contributed by atoms with Gasteiger partial charge in [0.05, 0.1) is 13.2 Å². The maximum Gasteiger partial charge on any atom is 0.407 e. The quantitative estimate of drug-likeness (QED) is 0.487. The molecule has 0 aromatic carbocycles. The van der Waals surface area contributed by atoms with Crippen molar-refractivity contribution < 1.29 is 23.8 Å². The first-order valence-corrected chi connectivity index (χ1v) is 5.75. The van der Waals surface area contributed by atoms with Gasteiger partial charge in [-0.3, -0.25) is 4.79 Å². The van der Waals surface area contributed by atoms with Crippen molar-refractivity contribution in [2.24, 2.45) is 0 Å². The number of carbonyl (C=O) groups excluding carboxylic acids is 2. The Kier molecular flexibility index (Phi) is 10.3. The van der Waals surface area contributed by atoms with Gasteiger partial charge in [0.15, 0.2) is 0 Å². The fraction of sp³-hybridized carbons (Fsp3) is 0.818. The van der Waals surface area contributed by atoms with Crippen molar-refractivity contribution in [3.8, 4) is 0 Å². The smallest absolute Gasteiger partial charge is 0.407 e. The average Bonchev–Trinajstić information content (AvgIpc) is 2.32. The maximum atomic E-state index is 11.1. The number of esters is 1. The highest BCUT2D eigenvalue weighted by molar-refractivity contribution is 5.77. The highest BCUT2D eigenvalue weighted by Crippen LogP contribution is 1.94. The van der Waals surface area contributed by atoms with Crippen LogP contribution < -0.4 is 5.32 Å². The second kappa shape index (κ2) is 11.2. The Morgan fingerprint density at radius 3 is 2.47 bits per heavy atom. The Labute approximate surface area is 102 Å². The predicted octanol–water partition coefficient (Wildman–Crippen LogP) is 1.09. The third kappa shape index (κ3) is 11.0. The van der Waals surface area contributed by atoms with Gasteiger partial charge in [0, 0.05) is 7.11 Å². The van der Waals surface area contributed by atoms with Gasteiger partial charge in [-0.2, -0.15) is 0 Å². The molecule has 6 heteroatoms. The summed E-state index contributed by atoms with van der Waals surface area (Å²) in [5.41, 5.74) is 0. The second-order valence-corrected chi connectivity index (χ2v) is 3.41. The van der Waals surface area contributed by atoms with Crippen LogP contribution in [0.2, 0.25) is 0 Å². The van der Waals surface area contributed by atoms with E-state index < -0.39 is 12.1 Å². The minimum absolute atomic E-state index is 0.161. The Balaban J connectivity index is 3.39. The fourth-order valence-electron chi connectivity index (χ4n) is 1.00. The zero-order valence-electron chi connectivity index (χ0n) is 10.5. The predicted molar refractivity (Wildman–Crippen MR) is 61.7 cm³/mol. The Morgan fingerprint density at radius 1 is 1.06 bits per heavy atom. The minimum Gasteiger partial charge on any atom is -0.464 e. The summed E-state index contributed by atoms with van der Waals surface area (Å²) in [6, 6.07) is 0. The van der Waals surface area contributed by atoms with Crippen LogP contribution >= 0.6 is 0 Å². The van der Waals surface area contributed by atoms with Gasteiger partial charge in [-0.05, 0) is 6.42 Å². The van der Waals surface area contributed by atoms with Crippen molar-refractivity contribution >= 4 is 12.1 Å². The number of rotatable bonds is 9. The fourth-order valence-corrected chi connectivity index (χ4v) is 1.00. The van der Waals surface area contributed by atoms with Crippen molar-refractivity contribution in [2.45, 2.75) is 26.2 Å². The van der Waals surface area contributed by atoms with E-state index in [-0.39, 0.29) is 13.2 Å². The van der Waals surface area contributed by atoms with Crippen LogP contribution in [0.5, 0.6) is 0 Å². The molecule has 6 nitrogen and oxygen atoms in total.